The van der Waals surface area contributed by atoms with Crippen LogP contribution in [0.1, 0.15) is 36.1 Å². The Labute approximate surface area is 196 Å². The number of carbonyl (C=O) groups is 1. The predicted octanol–water partition coefficient (Wildman–Crippen LogP) is 4.43. The highest BCUT2D eigenvalue weighted by atomic mass is 16.5. The van der Waals surface area contributed by atoms with E-state index in [0.29, 0.717) is 13.0 Å². The van der Waals surface area contributed by atoms with Crippen molar-refractivity contribution in [1.82, 2.24) is 14.8 Å². The third kappa shape index (κ3) is 4.38. The number of rotatable bonds is 6. The minimum Gasteiger partial charge on any atom is -0.497 e. The molecule has 2 saturated heterocycles. The number of aromatic nitrogens is 1. The maximum atomic E-state index is 13.5. The number of fused-ring (bicyclic) bond motifs is 1. The number of amides is 1. The summed E-state index contributed by atoms with van der Waals surface area (Å²) in [6.07, 6.45) is 4.38. The van der Waals surface area contributed by atoms with E-state index in [9.17, 15) is 4.79 Å². The van der Waals surface area contributed by atoms with Gasteiger partial charge < -0.3 is 9.64 Å². The number of methoxy groups -OCH3 is 1. The smallest absolute Gasteiger partial charge is 0.224 e. The van der Waals surface area contributed by atoms with Gasteiger partial charge >= 0.3 is 0 Å². The molecule has 5 heteroatoms. The Balaban J connectivity index is 1.43. The molecule has 2 aliphatic rings. The molecule has 2 atom stereocenters. The lowest BCUT2D eigenvalue weighted by Crippen LogP contribution is -2.43. The first kappa shape index (κ1) is 21.7. The van der Waals surface area contributed by atoms with Crippen molar-refractivity contribution in [3.8, 4) is 5.75 Å². The van der Waals surface area contributed by atoms with Crippen molar-refractivity contribution in [3.63, 3.8) is 0 Å². The van der Waals surface area contributed by atoms with Crippen molar-refractivity contribution in [3.05, 3.63) is 95.8 Å². The van der Waals surface area contributed by atoms with E-state index in [1.54, 1.807) is 13.3 Å². The van der Waals surface area contributed by atoms with Crippen LogP contribution in [0.5, 0.6) is 5.75 Å². The van der Waals surface area contributed by atoms with E-state index in [2.05, 4.69) is 52.3 Å². The number of pyridine rings is 1. The zero-order valence-corrected chi connectivity index (χ0v) is 19.2. The van der Waals surface area contributed by atoms with Gasteiger partial charge in [-0.3, -0.25) is 14.7 Å². The maximum Gasteiger partial charge on any atom is 0.224 e. The van der Waals surface area contributed by atoms with Crippen LogP contribution in [0.2, 0.25) is 0 Å². The van der Waals surface area contributed by atoms with E-state index in [0.717, 1.165) is 43.9 Å². The molecule has 5 rings (SSSR count). The third-order valence-corrected chi connectivity index (χ3v) is 7.44. The number of benzene rings is 2. The number of carbonyl (C=O) groups excluding carboxylic acids is 1. The van der Waals surface area contributed by atoms with Gasteiger partial charge in [-0.15, -0.1) is 0 Å². The standard InChI is InChI=1S/C28H31N3O2/c1-33-25-12-10-22(11-13-25)20-30-17-14-28(23-7-3-2-4-8-23)15-18-31(27(32)19-26(28)30)21-24-9-5-6-16-29-24/h2-13,16,26H,14-15,17-21H2,1H3/t26-,28-/m1/s1. The minimum atomic E-state index is -0.0117. The molecule has 0 radical (unpaired) electrons. The monoisotopic (exact) mass is 441 g/mol. The summed E-state index contributed by atoms with van der Waals surface area (Å²) in [5.41, 5.74) is 3.55. The van der Waals surface area contributed by atoms with Crippen molar-refractivity contribution in [1.29, 1.82) is 0 Å². The molecule has 1 amide bonds. The highest BCUT2D eigenvalue weighted by Gasteiger charge is 2.50. The van der Waals surface area contributed by atoms with Gasteiger partial charge in [0, 0.05) is 37.2 Å². The molecule has 0 spiro atoms. The van der Waals surface area contributed by atoms with Crippen LogP contribution in [0.15, 0.2) is 79.0 Å². The molecule has 2 fully saturated rings. The summed E-state index contributed by atoms with van der Waals surface area (Å²) in [7, 11) is 1.69. The molecule has 1 aromatic heterocycles. The van der Waals surface area contributed by atoms with E-state index < -0.39 is 0 Å². The van der Waals surface area contributed by atoms with Crippen LogP contribution in [0.3, 0.4) is 0 Å². The molecule has 33 heavy (non-hydrogen) atoms. The molecule has 0 aliphatic carbocycles. The summed E-state index contributed by atoms with van der Waals surface area (Å²) >= 11 is 0. The van der Waals surface area contributed by atoms with Crippen LogP contribution in [0.25, 0.3) is 0 Å². The predicted molar refractivity (Wildman–Crippen MR) is 129 cm³/mol. The lowest BCUT2D eigenvalue weighted by atomic mass is 9.71. The fourth-order valence-electron chi connectivity index (χ4n) is 5.65. The summed E-state index contributed by atoms with van der Waals surface area (Å²) < 4.78 is 5.32. The normalized spacial score (nSPS) is 23.2. The molecule has 0 N–H and O–H groups in total. The number of nitrogens with zero attached hydrogens (tertiary/aromatic N) is 3. The average molecular weight is 442 g/mol. The van der Waals surface area contributed by atoms with E-state index >= 15 is 0 Å². The van der Waals surface area contributed by atoms with Crippen LogP contribution in [-0.2, 0) is 23.3 Å². The van der Waals surface area contributed by atoms with Crippen LogP contribution in [-0.4, -0.2) is 46.9 Å². The number of ether oxygens (including phenoxy) is 1. The van der Waals surface area contributed by atoms with E-state index in [1.807, 2.05) is 35.2 Å². The topological polar surface area (TPSA) is 45.7 Å². The largest absolute Gasteiger partial charge is 0.497 e. The van der Waals surface area contributed by atoms with E-state index in [-0.39, 0.29) is 17.4 Å². The molecule has 0 unspecified atom stereocenters. The third-order valence-electron chi connectivity index (χ3n) is 7.44. The second-order valence-corrected chi connectivity index (χ2v) is 9.20. The quantitative estimate of drug-likeness (QED) is 0.568. The summed E-state index contributed by atoms with van der Waals surface area (Å²) in [6, 6.07) is 25.2. The molecular weight excluding hydrogens is 410 g/mol. The highest BCUT2D eigenvalue weighted by Crippen LogP contribution is 2.46. The Kier molecular flexibility index (Phi) is 6.14. The van der Waals surface area contributed by atoms with Gasteiger partial charge in [-0.1, -0.05) is 48.5 Å². The molecule has 0 bridgehead atoms. The summed E-state index contributed by atoms with van der Waals surface area (Å²) in [5.74, 6) is 1.10. The maximum absolute atomic E-state index is 13.5. The molecule has 2 aliphatic heterocycles. The fraction of sp³-hybridized carbons (Fsp3) is 0.357. The van der Waals surface area contributed by atoms with E-state index in [1.165, 1.54) is 11.1 Å². The lowest BCUT2D eigenvalue weighted by molar-refractivity contribution is -0.132. The van der Waals surface area contributed by atoms with Crippen LogP contribution in [0, 0.1) is 0 Å². The van der Waals surface area contributed by atoms with Crippen molar-refractivity contribution < 1.29 is 9.53 Å². The van der Waals surface area contributed by atoms with Crippen LogP contribution in [0.4, 0.5) is 0 Å². The average Bonchev–Trinajstić information content (AvgIpc) is 3.13. The number of hydrogen-bond acceptors (Lipinski definition) is 4. The second-order valence-electron chi connectivity index (χ2n) is 9.20. The molecule has 2 aromatic carbocycles. The summed E-state index contributed by atoms with van der Waals surface area (Å²) in [5, 5.41) is 0. The highest BCUT2D eigenvalue weighted by molar-refractivity contribution is 5.77. The van der Waals surface area contributed by atoms with Gasteiger partial charge in [0.1, 0.15) is 5.75 Å². The number of likely N-dealkylation sites (tertiary alicyclic amines) is 2. The zero-order chi connectivity index (χ0) is 22.7. The van der Waals surface area contributed by atoms with Gasteiger partial charge in [0.15, 0.2) is 0 Å². The Hall–Kier alpha value is -3.18. The summed E-state index contributed by atoms with van der Waals surface area (Å²) in [4.78, 5) is 22.5. The molecule has 170 valence electrons. The first-order chi connectivity index (χ1) is 16.2. The van der Waals surface area contributed by atoms with Crippen molar-refractivity contribution >= 4 is 5.91 Å². The van der Waals surface area contributed by atoms with Crippen molar-refractivity contribution in [2.24, 2.45) is 0 Å². The molecule has 5 nitrogen and oxygen atoms in total. The zero-order valence-electron chi connectivity index (χ0n) is 19.2. The Morgan fingerprint density at radius 3 is 2.42 bits per heavy atom. The van der Waals surface area contributed by atoms with Gasteiger partial charge in [-0.25, -0.2) is 0 Å². The summed E-state index contributed by atoms with van der Waals surface area (Å²) in [6.45, 7) is 3.18. The second kappa shape index (κ2) is 9.36. The lowest BCUT2D eigenvalue weighted by Gasteiger charge is -2.37. The molecule has 3 heterocycles. The fourth-order valence-corrected chi connectivity index (χ4v) is 5.65. The molecular formula is C28H31N3O2. The van der Waals surface area contributed by atoms with Gasteiger partial charge in [0.25, 0.3) is 0 Å². The Bertz CT molecular complexity index is 1070. The van der Waals surface area contributed by atoms with Crippen LogP contribution >= 0.6 is 0 Å². The van der Waals surface area contributed by atoms with Gasteiger partial charge in [0.2, 0.25) is 5.91 Å². The van der Waals surface area contributed by atoms with Gasteiger partial charge in [-0.05, 0) is 54.8 Å². The first-order valence-corrected chi connectivity index (χ1v) is 11.8. The van der Waals surface area contributed by atoms with Gasteiger partial charge in [-0.2, -0.15) is 0 Å². The van der Waals surface area contributed by atoms with Crippen LogP contribution < -0.4 is 4.74 Å². The molecule has 3 aromatic rings. The van der Waals surface area contributed by atoms with Crippen molar-refractivity contribution in [2.45, 2.75) is 43.8 Å². The van der Waals surface area contributed by atoms with E-state index in [4.69, 9.17) is 4.74 Å². The SMILES string of the molecule is COc1ccc(CN2CC[C@]3(c4ccccc4)CCN(Cc4ccccn4)C(=O)C[C@@H]23)cc1. The Morgan fingerprint density at radius 2 is 1.70 bits per heavy atom. The van der Waals surface area contributed by atoms with Crippen molar-refractivity contribution in [2.75, 3.05) is 20.2 Å². The minimum absolute atomic E-state index is 0.0117. The molecule has 0 saturated carbocycles. The van der Waals surface area contributed by atoms with Gasteiger partial charge in [0.05, 0.1) is 19.3 Å². The Morgan fingerprint density at radius 1 is 0.939 bits per heavy atom. The number of hydrogen-bond donors (Lipinski definition) is 0. The first-order valence-electron chi connectivity index (χ1n) is 11.8.